The van der Waals surface area contributed by atoms with Gasteiger partial charge in [0.15, 0.2) is 0 Å². The van der Waals surface area contributed by atoms with E-state index in [1.807, 2.05) is 18.2 Å². The monoisotopic (exact) mass is 407 g/mol. The highest BCUT2D eigenvalue weighted by Crippen LogP contribution is 2.37. The summed E-state index contributed by atoms with van der Waals surface area (Å²) < 4.78 is 0. The topological polar surface area (TPSA) is 48.1 Å². The van der Waals surface area contributed by atoms with Crippen LogP contribution in [0.4, 0.5) is 5.69 Å². The van der Waals surface area contributed by atoms with Crippen molar-refractivity contribution in [1.82, 2.24) is 9.88 Å². The molecular weight excluding hydrogens is 382 g/mol. The maximum atomic E-state index is 11.5. The van der Waals surface area contributed by atoms with Gasteiger partial charge in [0.05, 0.1) is 0 Å². The number of rotatable bonds is 3. The van der Waals surface area contributed by atoms with Gasteiger partial charge in [0.1, 0.15) is 0 Å². The van der Waals surface area contributed by atoms with Crippen LogP contribution in [0.5, 0.6) is 0 Å². The third-order valence-corrected chi connectivity index (χ3v) is 6.88. The van der Waals surface area contributed by atoms with Gasteiger partial charge in [-0.15, -0.1) is 0 Å². The number of hydrogen-bond donors (Lipinski definition) is 2. The predicted octanol–water partition coefficient (Wildman–Crippen LogP) is 5.13. The van der Waals surface area contributed by atoms with Gasteiger partial charge in [-0.1, -0.05) is 29.8 Å². The van der Waals surface area contributed by atoms with E-state index in [1.165, 1.54) is 34.9 Å². The molecule has 1 saturated heterocycles. The highest BCUT2D eigenvalue weighted by molar-refractivity contribution is 6.31. The Morgan fingerprint density at radius 1 is 1.17 bits per heavy atom. The van der Waals surface area contributed by atoms with E-state index < -0.39 is 0 Å². The molecule has 2 heterocycles. The number of H-pyrrole nitrogens is 1. The molecule has 0 spiro atoms. The molecule has 5 heteroatoms. The van der Waals surface area contributed by atoms with E-state index in [2.05, 4.69) is 39.6 Å². The molecule has 1 fully saturated rings. The molecule has 5 rings (SSSR count). The maximum absolute atomic E-state index is 11.5. The van der Waals surface area contributed by atoms with Crippen LogP contribution >= 0.6 is 11.6 Å². The van der Waals surface area contributed by atoms with E-state index in [0.717, 1.165) is 42.2 Å². The number of piperidine rings is 1. The molecule has 0 radical (unpaired) electrons. The van der Waals surface area contributed by atoms with Gasteiger partial charge in [-0.05, 0) is 79.6 Å². The summed E-state index contributed by atoms with van der Waals surface area (Å²) in [6.45, 7) is 3.83. The van der Waals surface area contributed by atoms with Crippen molar-refractivity contribution < 1.29 is 4.79 Å². The number of carbonyl (C=O) groups excluding carboxylic acids is 1. The number of carbonyl (C=O) groups is 1. The smallest absolute Gasteiger partial charge is 0.221 e. The average molecular weight is 408 g/mol. The highest BCUT2D eigenvalue weighted by atomic mass is 35.5. The van der Waals surface area contributed by atoms with Crippen molar-refractivity contribution in [2.75, 3.05) is 18.4 Å². The molecule has 3 aromatic rings. The summed E-state index contributed by atoms with van der Waals surface area (Å²) in [6, 6.07) is 13.0. The molecule has 29 heavy (non-hydrogen) atoms. The van der Waals surface area contributed by atoms with Crippen LogP contribution in [0.15, 0.2) is 42.6 Å². The molecule has 2 aromatic carbocycles. The number of likely N-dealkylation sites (tertiary alicyclic amines) is 1. The molecule has 2 N–H and O–H groups in total. The zero-order valence-corrected chi connectivity index (χ0v) is 17.4. The van der Waals surface area contributed by atoms with E-state index in [0.29, 0.717) is 12.0 Å². The number of amides is 1. The number of aromatic nitrogens is 1. The molecule has 150 valence electrons. The minimum Gasteiger partial charge on any atom is -0.361 e. The van der Waals surface area contributed by atoms with Crippen LogP contribution < -0.4 is 5.32 Å². The Morgan fingerprint density at radius 3 is 2.79 bits per heavy atom. The van der Waals surface area contributed by atoms with E-state index in [4.69, 9.17) is 11.6 Å². The predicted molar refractivity (Wildman–Crippen MR) is 119 cm³/mol. The Morgan fingerprint density at radius 2 is 2.00 bits per heavy atom. The summed E-state index contributed by atoms with van der Waals surface area (Å²) in [5, 5.41) is 5.09. The van der Waals surface area contributed by atoms with Gasteiger partial charge >= 0.3 is 0 Å². The largest absolute Gasteiger partial charge is 0.361 e. The SMILES string of the molecule is CC(=O)Nc1cccc2c1CC(N1CCC(c3c[nH]c4cc(Cl)ccc34)CC1)C2. The van der Waals surface area contributed by atoms with E-state index >= 15 is 0 Å². The van der Waals surface area contributed by atoms with E-state index in [-0.39, 0.29) is 5.91 Å². The lowest BCUT2D eigenvalue weighted by Crippen LogP contribution is -2.41. The van der Waals surface area contributed by atoms with Crippen LogP contribution in [0.25, 0.3) is 10.9 Å². The number of nitrogens with one attached hydrogen (secondary N) is 2. The minimum absolute atomic E-state index is 0.00248. The summed E-state index contributed by atoms with van der Waals surface area (Å²) in [4.78, 5) is 17.6. The summed E-state index contributed by atoms with van der Waals surface area (Å²) in [5.41, 5.74) is 6.26. The standard InChI is InChI=1S/C24H26ClN3O/c1-15(29)27-23-4-2-3-17-11-19(13-21(17)23)28-9-7-16(8-10-28)22-14-26-24-12-18(25)5-6-20(22)24/h2-6,12,14,16,19,26H,7-11,13H2,1H3,(H,27,29). The first-order chi connectivity index (χ1) is 14.1. The van der Waals surface area contributed by atoms with E-state index in [9.17, 15) is 4.79 Å². The summed E-state index contributed by atoms with van der Waals surface area (Å²) in [7, 11) is 0. The molecule has 1 aliphatic heterocycles. The van der Waals surface area contributed by atoms with Crippen LogP contribution in [-0.4, -0.2) is 34.9 Å². The van der Waals surface area contributed by atoms with Gasteiger partial charge in [-0.25, -0.2) is 0 Å². The summed E-state index contributed by atoms with van der Waals surface area (Å²) in [5.74, 6) is 0.600. The van der Waals surface area contributed by atoms with Crippen molar-refractivity contribution in [2.24, 2.45) is 0 Å². The van der Waals surface area contributed by atoms with Gasteiger partial charge in [0.2, 0.25) is 5.91 Å². The lowest BCUT2D eigenvalue weighted by atomic mass is 9.88. The van der Waals surface area contributed by atoms with E-state index in [1.54, 1.807) is 6.92 Å². The average Bonchev–Trinajstić information content (AvgIpc) is 3.32. The lowest BCUT2D eigenvalue weighted by molar-refractivity contribution is -0.114. The number of anilines is 1. The zero-order chi connectivity index (χ0) is 20.0. The molecule has 0 saturated carbocycles. The Labute approximate surface area is 176 Å². The minimum atomic E-state index is 0.00248. The van der Waals surface area contributed by atoms with Gasteiger partial charge in [0, 0.05) is 40.8 Å². The summed E-state index contributed by atoms with van der Waals surface area (Å²) >= 11 is 6.13. The molecule has 1 amide bonds. The second-order valence-electron chi connectivity index (χ2n) is 8.43. The van der Waals surface area contributed by atoms with Crippen LogP contribution in [0.2, 0.25) is 5.02 Å². The Balaban J connectivity index is 1.27. The number of fused-ring (bicyclic) bond motifs is 2. The number of hydrogen-bond acceptors (Lipinski definition) is 2. The molecule has 4 nitrogen and oxygen atoms in total. The van der Waals surface area contributed by atoms with Gasteiger partial charge in [-0.2, -0.15) is 0 Å². The Kier molecular flexibility index (Phi) is 4.84. The fourth-order valence-corrected chi connectivity index (χ4v) is 5.40. The van der Waals surface area contributed by atoms with Crippen LogP contribution in [-0.2, 0) is 17.6 Å². The number of benzene rings is 2. The number of aromatic amines is 1. The Bertz CT molecular complexity index is 1070. The summed E-state index contributed by atoms with van der Waals surface area (Å²) in [6.07, 6.45) is 6.65. The first kappa shape index (κ1) is 18.7. The molecule has 1 aromatic heterocycles. The van der Waals surface area contributed by atoms with Crippen LogP contribution in [0.3, 0.4) is 0 Å². The third kappa shape index (κ3) is 3.56. The first-order valence-electron chi connectivity index (χ1n) is 10.5. The zero-order valence-electron chi connectivity index (χ0n) is 16.7. The molecule has 1 atom stereocenters. The highest BCUT2D eigenvalue weighted by Gasteiger charge is 2.32. The maximum Gasteiger partial charge on any atom is 0.221 e. The van der Waals surface area contributed by atoms with Crippen molar-refractivity contribution >= 4 is 34.1 Å². The normalized spacial score (nSPS) is 20.1. The second kappa shape index (κ2) is 7.51. The molecular formula is C24H26ClN3O. The number of nitrogens with zero attached hydrogens (tertiary/aromatic N) is 1. The second-order valence-corrected chi connectivity index (χ2v) is 8.87. The molecule has 2 aliphatic rings. The van der Waals surface area contributed by atoms with Crippen molar-refractivity contribution in [2.45, 2.75) is 44.6 Å². The first-order valence-corrected chi connectivity index (χ1v) is 10.8. The fraction of sp³-hybridized carbons (Fsp3) is 0.375. The Hall–Kier alpha value is -2.30. The molecule has 0 bridgehead atoms. The van der Waals surface area contributed by atoms with Crippen molar-refractivity contribution in [3.63, 3.8) is 0 Å². The van der Waals surface area contributed by atoms with Crippen molar-refractivity contribution in [3.05, 3.63) is 64.3 Å². The van der Waals surface area contributed by atoms with Crippen molar-refractivity contribution in [1.29, 1.82) is 0 Å². The molecule has 1 unspecified atom stereocenters. The quantitative estimate of drug-likeness (QED) is 0.632. The third-order valence-electron chi connectivity index (χ3n) is 6.64. The van der Waals surface area contributed by atoms with Crippen LogP contribution in [0.1, 0.15) is 42.4 Å². The fourth-order valence-electron chi connectivity index (χ4n) is 5.23. The van der Waals surface area contributed by atoms with Gasteiger partial charge in [-0.3, -0.25) is 9.69 Å². The van der Waals surface area contributed by atoms with Crippen molar-refractivity contribution in [3.8, 4) is 0 Å². The van der Waals surface area contributed by atoms with Gasteiger partial charge < -0.3 is 10.3 Å². The lowest BCUT2D eigenvalue weighted by Gasteiger charge is -2.36. The van der Waals surface area contributed by atoms with Gasteiger partial charge in [0.25, 0.3) is 0 Å². The number of halogens is 1. The van der Waals surface area contributed by atoms with Crippen LogP contribution in [0, 0.1) is 0 Å². The molecule has 1 aliphatic carbocycles.